The summed E-state index contributed by atoms with van der Waals surface area (Å²) in [6.07, 6.45) is 4.22. The molecule has 10 heteroatoms. The molecule has 4 aromatic rings. The molecular weight excluding hydrogens is 764 g/mol. The first-order valence-corrected chi connectivity index (χ1v) is 14.4. The number of ether oxygens (including phenoxy) is 1. The Morgan fingerprint density at radius 2 is 1.84 bits per heavy atom. The van der Waals surface area contributed by atoms with Gasteiger partial charge in [-0.1, -0.05) is 41.4 Å². The molecule has 0 saturated heterocycles. The average molecular weight is 786 g/mol. The third-order valence-electron chi connectivity index (χ3n) is 5.56. The maximum atomic E-state index is 13.3. The van der Waals surface area contributed by atoms with Gasteiger partial charge in [0.2, 0.25) is 0 Å². The molecule has 7 nitrogen and oxygen atoms in total. The van der Waals surface area contributed by atoms with E-state index in [4.69, 9.17) is 14.8 Å². The zero-order valence-electron chi connectivity index (χ0n) is 19.7. The van der Waals surface area contributed by atoms with Crippen molar-refractivity contribution in [2.45, 2.75) is 32.8 Å². The predicted octanol–water partition coefficient (Wildman–Crippen LogP) is 6.87. The summed E-state index contributed by atoms with van der Waals surface area (Å²) >= 11 is 7.86. The number of aromatic nitrogens is 2. The predicted molar refractivity (Wildman–Crippen MR) is 165 cm³/mol. The number of carboxylic acid groups (broad SMARTS) is 1. The van der Waals surface area contributed by atoms with Gasteiger partial charge < -0.3 is 9.84 Å². The van der Waals surface area contributed by atoms with Gasteiger partial charge in [-0.3, -0.25) is 4.79 Å². The average Bonchev–Trinajstić information content (AvgIpc) is 2.87. The van der Waals surface area contributed by atoms with E-state index in [-0.39, 0.29) is 11.1 Å². The Bertz CT molecular complexity index is 1530. The lowest BCUT2D eigenvalue weighted by atomic mass is 10.1. The molecule has 4 rings (SSSR count). The lowest BCUT2D eigenvalue weighted by Crippen LogP contribution is -2.22. The van der Waals surface area contributed by atoms with Gasteiger partial charge in [0.05, 0.1) is 29.8 Å². The van der Waals surface area contributed by atoms with E-state index in [0.29, 0.717) is 29.8 Å². The lowest BCUT2D eigenvalue weighted by molar-refractivity contribution is 0.0697. The van der Waals surface area contributed by atoms with Crippen molar-refractivity contribution in [1.29, 1.82) is 0 Å². The number of carbonyl (C=O) groups is 1. The molecule has 0 radical (unpaired) electrons. The van der Waals surface area contributed by atoms with E-state index < -0.39 is 5.97 Å². The molecule has 0 bridgehead atoms. The van der Waals surface area contributed by atoms with Crippen LogP contribution in [0.25, 0.3) is 10.9 Å². The minimum atomic E-state index is -0.957. The van der Waals surface area contributed by atoms with E-state index in [1.807, 2.05) is 24.3 Å². The summed E-state index contributed by atoms with van der Waals surface area (Å²) in [5, 5.41) is 14.1. The topological polar surface area (TPSA) is 93.8 Å². The first-order chi connectivity index (χ1) is 17.8. The highest BCUT2D eigenvalue weighted by molar-refractivity contribution is 14.1. The van der Waals surface area contributed by atoms with Crippen molar-refractivity contribution in [2.24, 2.45) is 5.10 Å². The second-order valence-corrected chi connectivity index (χ2v) is 11.5. The SMILES string of the molecule is CCCCc1nc2ccc(Br)cc2c(=O)n1N=Cc1cc(I)c(OCc2ccc(C(=O)O)cc2)c(I)c1. The zero-order chi connectivity index (χ0) is 26.5. The van der Waals surface area contributed by atoms with E-state index in [2.05, 4.69) is 73.1 Å². The van der Waals surface area contributed by atoms with Crippen LogP contribution in [0, 0.1) is 7.14 Å². The van der Waals surface area contributed by atoms with Gasteiger partial charge in [0.15, 0.2) is 0 Å². The van der Waals surface area contributed by atoms with Crippen molar-refractivity contribution >= 4 is 84.2 Å². The number of rotatable bonds is 9. The van der Waals surface area contributed by atoms with Crippen molar-refractivity contribution in [3.8, 4) is 5.75 Å². The summed E-state index contributed by atoms with van der Waals surface area (Å²) < 4.78 is 10.0. The van der Waals surface area contributed by atoms with Crippen LogP contribution < -0.4 is 10.3 Å². The van der Waals surface area contributed by atoms with Crippen LogP contribution in [0.4, 0.5) is 0 Å². The largest absolute Gasteiger partial charge is 0.487 e. The molecule has 37 heavy (non-hydrogen) atoms. The Morgan fingerprint density at radius 3 is 2.49 bits per heavy atom. The van der Waals surface area contributed by atoms with Gasteiger partial charge in [0.1, 0.15) is 18.2 Å². The van der Waals surface area contributed by atoms with E-state index >= 15 is 0 Å². The highest BCUT2D eigenvalue weighted by Crippen LogP contribution is 2.29. The van der Waals surface area contributed by atoms with Crippen LogP contribution in [-0.4, -0.2) is 27.0 Å². The molecule has 1 N–H and O–H groups in total. The third kappa shape index (κ3) is 6.77. The van der Waals surface area contributed by atoms with Crippen LogP contribution >= 0.6 is 61.1 Å². The minimum absolute atomic E-state index is 0.202. The van der Waals surface area contributed by atoms with Gasteiger partial charge >= 0.3 is 5.97 Å². The van der Waals surface area contributed by atoms with Gasteiger partial charge in [-0.25, -0.2) is 9.78 Å². The number of fused-ring (bicyclic) bond motifs is 1. The number of hydrogen-bond acceptors (Lipinski definition) is 5. The standard InChI is InChI=1S/C27H22BrI2N3O4/c1-2-3-4-24-32-23-10-9-19(28)13-20(23)26(34)33(24)31-14-17-11-21(29)25(22(30)12-17)37-15-16-5-7-18(8-6-16)27(35)36/h5-14H,2-4,15H2,1H3,(H,35,36). The molecule has 3 aromatic carbocycles. The molecule has 0 spiro atoms. The van der Waals surface area contributed by atoms with Crippen LogP contribution in [-0.2, 0) is 13.0 Å². The minimum Gasteiger partial charge on any atom is -0.487 e. The number of halogens is 3. The van der Waals surface area contributed by atoms with Gasteiger partial charge in [-0.2, -0.15) is 9.78 Å². The van der Waals surface area contributed by atoms with E-state index in [0.717, 1.165) is 41.3 Å². The van der Waals surface area contributed by atoms with Crippen molar-refractivity contribution in [2.75, 3.05) is 0 Å². The first kappa shape index (κ1) is 27.7. The number of hydrogen-bond donors (Lipinski definition) is 1. The molecule has 0 aliphatic heterocycles. The number of carboxylic acids is 1. The molecule has 1 aromatic heterocycles. The molecule has 190 valence electrons. The second kappa shape index (κ2) is 12.5. The Kier molecular flexibility index (Phi) is 9.35. The smallest absolute Gasteiger partial charge is 0.335 e. The lowest BCUT2D eigenvalue weighted by Gasteiger charge is -2.12. The van der Waals surface area contributed by atoms with E-state index in [1.165, 1.54) is 4.68 Å². The third-order valence-corrected chi connectivity index (χ3v) is 7.65. The fraction of sp³-hybridized carbons (Fsp3) is 0.185. The zero-order valence-corrected chi connectivity index (χ0v) is 25.7. The Hall–Kier alpha value is -2.32. The van der Waals surface area contributed by atoms with Crippen LogP contribution in [0.5, 0.6) is 5.75 Å². The number of unbranched alkanes of at least 4 members (excludes halogenated alkanes) is 1. The molecule has 0 fully saturated rings. The molecule has 0 aliphatic carbocycles. The maximum Gasteiger partial charge on any atom is 0.335 e. The normalized spacial score (nSPS) is 11.4. The van der Waals surface area contributed by atoms with E-state index in [9.17, 15) is 9.59 Å². The first-order valence-electron chi connectivity index (χ1n) is 11.5. The monoisotopic (exact) mass is 785 g/mol. The molecule has 0 amide bonds. The van der Waals surface area contributed by atoms with Crippen LogP contribution in [0.3, 0.4) is 0 Å². The summed E-state index contributed by atoms with van der Waals surface area (Å²) in [6, 6.07) is 16.0. The van der Waals surface area contributed by atoms with Crippen LogP contribution in [0.1, 0.15) is 47.1 Å². The number of aromatic carboxylic acids is 1. The van der Waals surface area contributed by atoms with Gasteiger partial charge in [-0.15, -0.1) is 0 Å². The molecule has 1 heterocycles. The quantitative estimate of drug-likeness (QED) is 0.148. The van der Waals surface area contributed by atoms with Crippen molar-refractivity contribution in [3.05, 3.63) is 99.1 Å². The van der Waals surface area contributed by atoms with Gasteiger partial charge in [0, 0.05) is 10.9 Å². The summed E-state index contributed by atoms with van der Waals surface area (Å²) in [6.45, 7) is 2.41. The summed E-state index contributed by atoms with van der Waals surface area (Å²) in [5.41, 5.74) is 2.40. The second-order valence-electron chi connectivity index (χ2n) is 8.26. The van der Waals surface area contributed by atoms with Crippen molar-refractivity contribution in [3.63, 3.8) is 0 Å². The van der Waals surface area contributed by atoms with Crippen molar-refractivity contribution in [1.82, 2.24) is 9.66 Å². The fourth-order valence-electron chi connectivity index (χ4n) is 3.63. The Labute approximate surface area is 249 Å². The number of nitrogens with zero attached hydrogens (tertiary/aromatic N) is 3. The van der Waals surface area contributed by atoms with Crippen LogP contribution in [0.2, 0.25) is 0 Å². The summed E-state index contributed by atoms with van der Waals surface area (Å²) in [5.74, 6) is 0.413. The Morgan fingerprint density at radius 1 is 1.14 bits per heavy atom. The molecule has 0 unspecified atom stereocenters. The Balaban J connectivity index is 1.60. The molecule has 0 aliphatic rings. The fourth-order valence-corrected chi connectivity index (χ4v) is 6.11. The molecular formula is C27H22BrI2N3O4. The molecule has 0 atom stereocenters. The van der Waals surface area contributed by atoms with E-state index in [1.54, 1.807) is 36.5 Å². The van der Waals surface area contributed by atoms with Crippen LogP contribution in [0.15, 0.2) is 69.0 Å². The van der Waals surface area contributed by atoms with Gasteiger partial charge in [0.25, 0.3) is 5.56 Å². The number of benzene rings is 3. The summed E-state index contributed by atoms with van der Waals surface area (Å²) in [4.78, 5) is 29.0. The number of aryl methyl sites for hydroxylation is 1. The molecule has 0 saturated carbocycles. The highest BCUT2D eigenvalue weighted by atomic mass is 127. The van der Waals surface area contributed by atoms with Gasteiger partial charge in [-0.05, 0) is 105 Å². The van der Waals surface area contributed by atoms with Crippen molar-refractivity contribution < 1.29 is 14.6 Å². The maximum absolute atomic E-state index is 13.3. The summed E-state index contributed by atoms with van der Waals surface area (Å²) in [7, 11) is 0. The highest BCUT2D eigenvalue weighted by Gasteiger charge is 2.12.